The highest BCUT2D eigenvalue weighted by molar-refractivity contribution is 6.32. The Kier molecular flexibility index (Phi) is 4.60. The first-order valence-electron chi connectivity index (χ1n) is 5.16. The Balaban J connectivity index is 2.90. The molecule has 0 spiro atoms. The molecule has 86 valence electrons. The maximum absolute atomic E-state index is 9.03. The predicted octanol–water partition coefficient (Wildman–Crippen LogP) is 2.64. The molecule has 0 fully saturated rings. The quantitative estimate of drug-likeness (QED) is 0.848. The van der Waals surface area contributed by atoms with Crippen molar-refractivity contribution >= 4 is 17.3 Å². The van der Waals surface area contributed by atoms with E-state index in [0.717, 1.165) is 0 Å². The molecule has 1 aromatic rings. The van der Waals surface area contributed by atoms with Crippen LogP contribution in [0.3, 0.4) is 0 Å². The molecule has 0 aliphatic carbocycles. The van der Waals surface area contributed by atoms with Crippen molar-refractivity contribution in [1.82, 2.24) is 0 Å². The summed E-state index contributed by atoms with van der Waals surface area (Å²) in [7, 11) is 0. The zero-order valence-electron chi connectivity index (χ0n) is 9.37. The number of hydrogen-bond acceptors (Lipinski definition) is 3. The van der Waals surface area contributed by atoms with E-state index in [1.54, 1.807) is 12.1 Å². The third kappa shape index (κ3) is 2.88. The van der Waals surface area contributed by atoms with Gasteiger partial charge in [-0.1, -0.05) is 24.6 Å². The second-order valence-electron chi connectivity index (χ2n) is 3.87. The lowest BCUT2D eigenvalue weighted by atomic mass is 10.0. The number of nitrogens with one attached hydrogen (secondary N) is 1. The topological polar surface area (TPSA) is 56.0 Å². The summed E-state index contributed by atoms with van der Waals surface area (Å²) in [6.45, 7) is 4.01. The number of aliphatic hydroxyl groups is 1. The van der Waals surface area contributed by atoms with E-state index < -0.39 is 0 Å². The Bertz CT molecular complexity index is 400. The first-order chi connectivity index (χ1) is 7.60. The van der Waals surface area contributed by atoms with Crippen LogP contribution in [0.4, 0.5) is 5.69 Å². The van der Waals surface area contributed by atoms with Crippen LogP contribution in [0.15, 0.2) is 18.2 Å². The standard InChI is InChI=1S/C12H15ClN2O/c1-8(7-16)9(2)15-12-5-3-4-11(13)10(12)6-14/h3-5,8-9,15-16H,7H2,1-2H3. The van der Waals surface area contributed by atoms with Gasteiger partial charge in [-0.25, -0.2) is 0 Å². The number of nitrogens with zero attached hydrogens (tertiary/aromatic N) is 1. The van der Waals surface area contributed by atoms with E-state index in [1.165, 1.54) is 0 Å². The van der Waals surface area contributed by atoms with Gasteiger partial charge in [-0.05, 0) is 25.0 Å². The number of benzene rings is 1. The van der Waals surface area contributed by atoms with Crippen LogP contribution in [0.2, 0.25) is 5.02 Å². The van der Waals surface area contributed by atoms with Crippen LogP contribution in [-0.2, 0) is 0 Å². The number of aliphatic hydroxyl groups excluding tert-OH is 1. The lowest BCUT2D eigenvalue weighted by Crippen LogP contribution is -2.26. The summed E-state index contributed by atoms with van der Waals surface area (Å²) in [5.74, 6) is 0.116. The van der Waals surface area contributed by atoms with Crippen molar-refractivity contribution in [3.63, 3.8) is 0 Å². The maximum Gasteiger partial charge on any atom is 0.103 e. The van der Waals surface area contributed by atoms with Crippen LogP contribution in [0, 0.1) is 17.2 Å². The van der Waals surface area contributed by atoms with Crippen molar-refractivity contribution in [3.8, 4) is 6.07 Å². The van der Waals surface area contributed by atoms with Crippen molar-refractivity contribution in [2.45, 2.75) is 19.9 Å². The summed E-state index contributed by atoms with van der Waals surface area (Å²) in [6, 6.07) is 7.44. The van der Waals surface area contributed by atoms with Gasteiger partial charge in [0.15, 0.2) is 0 Å². The van der Waals surface area contributed by atoms with E-state index >= 15 is 0 Å². The smallest absolute Gasteiger partial charge is 0.103 e. The lowest BCUT2D eigenvalue weighted by Gasteiger charge is -2.21. The molecule has 0 bridgehead atoms. The van der Waals surface area contributed by atoms with Crippen molar-refractivity contribution in [1.29, 1.82) is 5.26 Å². The third-order valence-electron chi connectivity index (χ3n) is 2.65. The molecule has 0 amide bonds. The Morgan fingerprint density at radius 3 is 2.75 bits per heavy atom. The van der Waals surface area contributed by atoms with E-state index in [4.69, 9.17) is 22.0 Å². The van der Waals surface area contributed by atoms with Crippen molar-refractivity contribution in [2.24, 2.45) is 5.92 Å². The summed E-state index contributed by atoms with van der Waals surface area (Å²) in [5.41, 5.74) is 1.16. The number of hydrogen-bond donors (Lipinski definition) is 2. The second kappa shape index (κ2) is 5.74. The molecule has 1 aromatic carbocycles. The fourth-order valence-electron chi connectivity index (χ4n) is 1.30. The average Bonchev–Trinajstić information content (AvgIpc) is 2.28. The van der Waals surface area contributed by atoms with Gasteiger partial charge in [0.05, 0.1) is 16.3 Å². The van der Waals surface area contributed by atoms with Crippen molar-refractivity contribution in [2.75, 3.05) is 11.9 Å². The Labute approximate surface area is 101 Å². The Morgan fingerprint density at radius 1 is 1.50 bits per heavy atom. The molecule has 0 radical (unpaired) electrons. The number of rotatable bonds is 4. The van der Waals surface area contributed by atoms with Crippen molar-refractivity contribution < 1.29 is 5.11 Å². The minimum atomic E-state index is 0.0792. The highest BCUT2D eigenvalue weighted by Gasteiger charge is 2.13. The van der Waals surface area contributed by atoms with Gasteiger partial charge in [0.1, 0.15) is 6.07 Å². The highest BCUT2D eigenvalue weighted by atomic mass is 35.5. The molecule has 0 aromatic heterocycles. The summed E-state index contributed by atoms with van der Waals surface area (Å²) in [4.78, 5) is 0. The molecule has 2 unspecified atom stereocenters. The molecule has 1 rings (SSSR count). The SMILES string of the molecule is CC(CO)C(C)Nc1cccc(Cl)c1C#N. The van der Waals surface area contributed by atoms with E-state index in [9.17, 15) is 0 Å². The van der Waals surface area contributed by atoms with Gasteiger partial charge < -0.3 is 10.4 Å². The molecule has 0 aliphatic heterocycles. The van der Waals surface area contributed by atoms with E-state index in [-0.39, 0.29) is 18.6 Å². The molecule has 4 heteroatoms. The molecule has 0 saturated heterocycles. The second-order valence-corrected chi connectivity index (χ2v) is 4.27. The van der Waals surface area contributed by atoms with Gasteiger partial charge in [0.2, 0.25) is 0 Å². The van der Waals surface area contributed by atoms with Crippen LogP contribution >= 0.6 is 11.6 Å². The van der Waals surface area contributed by atoms with Crippen LogP contribution in [-0.4, -0.2) is 17.8 Å². The number of nitriles is 1. The number of anilines is 1. The predicted molar refractivity (Wildman–Crippen MR) is 65.5 cm³/mol. The van der Waals surface area contributed by atoms with Gasteiger partial charge in [0.25, 0.3) is 0 Å². The van der Waals surface area contributed by atoms with E-state index in [0.29, 0.717) is 16.3 Å². The molecule has 0 saturated carbocycles. The van der Waals surface area contributed by atoms with E-state index in [1.807, 2.05) is 19.9 Å². The first-order valence-corrected chi connectivity index (χ1v) is 5.54. The highest BCUT2D eigenvalue weighted by Crippen LogP contribution is 2.24. The Hall–Kier alpha value is -1.24. The van der Waals surface area contributed by atoms with Crippen LogP contribution < -0.4 is 5.32 Å². The van der Waals surface area contributed by atoms with Gasteiger partial charge in [-0.15, -0.1) is 0 Å². The normalized spacial score (nSPS) is 13.9. The van der Waals surface area contributed by atoms with Crippen LogP contribution in [0.5, 0.6) is 0 Å². The molecular weight excluding hydrogens is 224 g/mol. The Morgan fingerprint density at radius 2 is 2.19 bits per heavy atom. The molecule has 2 N–H and O–H groups in total. The first kappa shape index (κ1) is 12.8. The maximum atomic E-state index is 9.03. The zero-order chi connectivity index (χ0) is 12.1. The molecule has 2 atom stereocenters. The minimum absolute atomic E-state index is 0.0792. The fourth-order valence-corrected chi connectivity index (χ4v) is 1.52. The van der Waals surface area contributed by atoms with E-state index in [2.05, 4.69) is 11.4 Å². The fraction of sp³-hybridized carbons (Fsp3) is 0.417. The summed E-state index contributed by atoms with van der Waals surface area (Å²) in [6.07, 6.45) is 0. The summed E-state index contributed by atoms with van der Waals surface area (Å²) in [5, 5.41) is 21.6. The van der Waals surface area contributed by atoms with Gasteiger partial charge in [0, 0.05) is 12.6 Å². The molecular formula is C12H15ClN2O. The minimum Gasteiger partial charge on any atom is -0.396 e. The van der Waals surface area contributed by atoms with Crippen LogP contribution in [0.1, 0.15) is 19.4 Å². The zero-order valence-corrected chi connectivity index (χ0v) is 10.1. The van der Waals surface area contributed by atoms with Gasteiger partial charge in [-0.2, -0.15) is 5.26 Å². The monoisotopic (exact) mass is 238 g/mol. The van der Waals surface area contributed by atoms with Crippen molar-refractivity contribution in [3.05, 3.63) is 28.8 Å². The molecule has 16 heavy (non-hydrogen) atoms. The molecule has 3 nitrogen and oxygen atoms in total. The largest absolute Gasteiger partial charge is 0.396 e. The van der Waals surface area contributed by atoms with Gasteiger partial charge >= 0.3 is 0 Å². The summed E-state index contributed by atoms with van der Waals surface area (Å²) >= 11 is 5.91. The molecule has 0 heterocycles. The lowest BCUT2D eigenvalue weighted by molar-refractivity contribution is 0.226. The molecule has 0 aliphatic rings. The van der Waals surface area contributed by atoms with Crippen LogP contribution in [0.25, 0.3) is 0 Å². The number of halogens is 1. The average molecular weight is 239 g/mol. The third-order valence-corrected chi connectivity index (χ3v) is 2.97. The van der Waals surface area contributed by atoms with Gasteiger partial charge in [-0.3, -0.25) is 0 Å². The summed E-state index contributed by atoms with van der Waals surface area (Å²) < 4.78 is 0.